The summed E-state index contributed by atoms with van der Waals surface area (Å²) in [5, 5.41) is 0. The Morgan fingerprint density at radius 1 is 1.17 bits per heavy atom. The first-order chi connectivity index (χ1) is 5.34. The predicted octanol–water partition coefficient (Wildman–Crippen LogP) is 3.31. The van der Waals surface area contributed by atoms with E-state index in [-0.39, 0.29) is 5.41 Å². The largest absolute Gasteiger partial charge is 0.315 e. The number of rotatable bonds is 1. The molecule has 0 aliphatic heterocycles. The monoisotopic (exact) mass is 188 g/mol. The van der Waals surface area contributed by atoms with Crippen LogP contribution in [0, 0.1) is 16.7 Å². The van der Waals surface area contributed by atoms with Crippen molar-refractivity contribution in [2.24, 2.45) is 16.7 Å². The van der Waals surface area contributed by atoms with Crippen LogP contribution in [0.3, 0.4) is 0 Å². The topological polar surface area (TPSA) is 9.23 Å². The maximum atomic E-state index is 5.23. The molecule has 0 aromatic carbocycles. The maximum Gasteiger partial charge on any atom is 0.0777 e. The van der Waals surface area contributed by atoms with Crippen LogP contribution in [0.4, 0.5) is 0 Å². The molecule has 2 unspecified atom stereocenters. The fraction of sp³-hybridized carbons (Fsp3) is 1.00. The molecule has 0 amide bonds. The highest BCUT2D eigenvalue weighted by molar-refractivity contribution is 7.75. The Morgan fingerprint density at radius 3 is 1.83 bits per heavy atom. The second kappa shape index (κ2) is 2.91. The Morgan fingerprint density at radius 2 is 1.67 bits per heavy atom. The summed E-state index contributed by atoms with van der Waals surface area (Å²) in [6, 6.07) is 0. The van der Waals surface area contributed by atoms with Crippen LogP contribution < -0.4 is 0 Å². The van der Waals surface area contributed by atoms with Crippen molar-refractivity contribution in [1.82, 2.24) is 0 Å². The molecule has 0 N–H and O–H groups in total. The standard InChI is InChI=1S/C10H20OS/c1-7-6-8(11-12)10(4,5)9(7,2)3/h7-8,12H,6H2,1-5H3. The van der Waals surface area contributed by atoms with Gasteiger partial charge in [0.25, 0.3) is 0 Å². The van der Waals surface area contributed by atoms with Crippen LogP contribution in [-0.2, 0) is 4.18 Å². The molecule has 0 radical (unpaired) electrons. The first-order valence-electron chi connectivity index (χ1n) is 4.64. The van der Waals surface area contributed by atoms with E-state index >= 15 is 0 Å². The zero-order valence-electron chi connectivity index (χ0n) is 8.72. The van der Waals surface area contributed by atoms with Crippen molar-refractivity contribution in [3.05, 3.63) is 0 Å². The predicted molar refractivity (Wildman–Crippen MR) is 55.2 cm³/mol. The molecule has 1 aliphatic carbocycles. The van der Waals surface area contributed by atoms with Crippen molar-refractivity contribution in [2.75, 3.05) is 0 Å². The summed E-state index contributed by atoms with van der Waals surface area (Å²) in [6.45, 7) is 11.5. The Balaban J connectivity index is 2.92. The first-order valence-corrected chi connectivity index (χ1v) is 5.00. The van der Waals surface area contributed by atoms with Gasteiger partial charge in [0, 0.05) is 0 Å². The molecule has 12 heavy (non-hydrogen) atoms. The minimum Gasteiger partial charge on any atom is -0.315 e. The summed E-state index contributed by atoms with van der Waals surface area (Å²) >= 11 is 3.95. The third kappa shape index (κ3) is 1.20. The van der Waals surface area contributed by atoms with Gasteiger partial charge in [-0.05, 0) is 36.1 Å². The number of hydrogen-bond donors (Lipinski definition) is 1. The van der Waals surface area contributed by atoms with Gasteiger partial charge in [-0.1, -0.05) is 34.6 Å². The molecule has 1 aliphatic rings. The quantitative estimate of drug-likeness (QED) is 0.490. The van der Waals surface area contributed by atoms with Gasteiger partial charge in [-0.3, -0.25) is 0 Å². The number of hydrogen-bond acceptors (Lipinski definition) is 2. The molecule has 2 heteroatoms. The van der Waals surface area contributed by atoms with Crippen molar-refractivity contribution < 1.29 is 4.18 Å². The Bertz CT molecular complexity index is 175. The summed E-state index contributed by atoms with van der Waals surface area (Å²) in [4.78, 5) is 0. The van der Waals surface area contributed by atoms with E-state index in [1.54, 1.807) is 0 Å². The summed E-state index contributed by atoms with van der Waals surface area (Å²) in [7, 11) is 0. The Hall–Kier alpha value is 0.310. The summed E-state index contributed by atoms with van der Waals surface area (Å²) < 4.78 is 5.23. The second-order valence-corrected chi connectivity index (χ2v) is 5.38. The van der Waals surface area contributed by atoms with E-state index in [1.165, 1.54) is 0 Å². The molecular weight excluding hydrogens is 168 g/mol. The Labute approximate surface area is 81.5 Å². The lowest BCUT2D eigenvalue weighted by molar-refractivity contribution is 0.0421. The van der Waals surface area contributed by atoms with Crippen LogP contribution in [0.1, 0.15) is 41.0 Å². The van der Waals surface area contributed by atoms with Crippen LogP contribution in [0.25, 0.3) is 0 Å². The van der Waals surface area contributed by atoms with Gasteiger partial charge in [-0.25, -0.2) is 0 Å². The van der Waals surface area contributed by atoms with Crippen LogP contribution in [0.15, 0.2) is 0 Å². The lowest BCUT2D eigenvalue weighted by Crippen LogP contribution is -2.36. The lowest BCUT2D eigenvalue weighted by atomic mass is 9.67. The first kappa shape index (κ1) is 10.4. The lowest BCUT2D eigenvalue weighted by Gasteiger charge is -2.39. The van der Waals surface area contributed by atoms with Gasteiger partial charge in [-0.15, -0.1) is 0 Å². The number of thiol groups is 1. The minimum atomic E-state index is 0.230. The zero-order valence-corrected chi connectivity index (χ0v) is 9.61. The van der Waals surface area contributed by atoms with Gasteiger partial charge in [0.2, 0.25) is 0 Å². The minimum absolute atomic E-state index is 0.230. The third-order valence-corrected chi connectivity index (χ3v) is 4.65. The molecule has 0 spiro atoms. The van der Waals surface area contributed by atoms with Crippen molar-refractivity contribution in [1.29, 1.82) is 0 Å². The molecule has 0 aromatic rings. The SMILES string of the molecule is CC1CC(OS)C(C)(C)C1(C)C. The van der Waals surface area contributed by atoms with E-state index in [4.69, 9.17) is 4.18 Å². The summed E-state index contributed by atoms with van der Waals surface area (Å²) in [6.07, 6.45) is 1.43. The van der Waals surface area contributed by atoms with E-state index in [0.717, 1.165) is 6.42 Å². The second-order valence-electron chi connectivity index (χ2n) is 5.17. The molecule has 1 fully saturated rings. The van der Waals surface area contributed by atoms with Gasteiger partial charge in [-0.2, -0.15) is 0 Å². The van der Waals surface area contributed by atoms with Gasteiger partial charge in [0.05, 0.1) is 6.10 Å². The molecule has 1 nitrogen and oxygen atoms in total. The highest BCUT2D eigenvalue weighted by Crippen LogP contribution is 2.56. The zero-order chi connectivity index (χ0) is 9.57. The molecular formula is C10H20OS. The fourth-order valence-electron chi connectivity index (χ4n) is 2.14. The van der Waals surface area contributed by atoms with E-state index in [2.05, 4.69) is 47.5 Å². The van der Waals surface area contributed by atoms with Crippen molar-refractivity contribution >= 4 is 12.9 Å². The molecule has 0 heterocycles. The molecule has 0 bridgehead atoms. The van der Waals surface area contributed by atoms with Crippen LogP contribution >= 0.6 is 12.9 Å². The van der Waals surface area contributed by atoms with Crippen molar-refractivity contribution in [3.63, 3.8) is 0 Å². The highest BCUT2D eigenvalue weighted by atomic mass is 32.1. The molecule has 1 rings (SSSR count). The van der Waals surface area contributed by atoms with Crippen LogP contribution in [0.2, 0.25) is 0 Å². The van der Waals surface area contributed by atoms with E-state index in [1.807, 2.05) is 0 Å². The third-order valence-electron chi connectivity index (χ3n) is 4.39. The average molecular weight is 188 g/mol. The van der Waals surface area contributed by atoms with Crippen molar-refractivity contribution in [3.8, 4) is 0 Å². The van der Waals surface area contributed by atoms with E-state index < -0.39 is 0 Å². The summed E-state index contributed by atoms with van der Waals surface area (Å²) in [5.41, 5.74) is 0.578. The smallest absolute Gasteiger partial charge is 0.0777 e. The van der Waals surface area contributed by atoms with Crippen LogP contribution in [-0.4, -0.2) is 6.10 Å². The average Bonchev–Trinajstić information content (AvgIpc) is 2.10. The maximum absolute atomic E-state index is 5.23. The van der Waals surface area contributed by atoms with E-state index in [0.29, 0.717) is 17.4 Å². The highest BCUT2D eigenvalue weighted by Gasteiger charge is 2.53. The molecule has 72 valence electrons. The molecule has 0 saturated heterocycles. The van der Waals surface area contributed by atoms with Gasteiger partial charge < -0.3 is 4.18 Å². The molecule has 0 aromatic heterocycles. The van der Waals surface area contributed by atoms with Gasteiger partial charge in [0.1, 0.15) is 0 Å². The normalized spacial score (nSPS) is 38.5. The van der Waals surface area contributed by atoms with Crippen LogP contribution in [0.5, 0.6) is 0 Å². The van der Waals surface area contributed by atoms with Gasteiger partial charge in [0.15, 0.2) is 0 Å². The molecule has 2 atom stereocenters. The molecule has 1 saturated carbocycles. The van der Waals surface area contributed by atoms with Gasteiger partial charge >= 0.3 is 0 Å². The van der Waals surface area contributed by atoms with Crippen molar-refractivity contribution in [2.45, 2.75) is 47.1 Å². The fourth-order valence-corrected chi connectivity index (χ4v) is 2.48. The van der Waals surface area contributed by atoms with E-state index in [9.17, 15) is 0 Å². The Kier molecular flexibility index (Phi) is 2.52. The summed E-state index contributed by atoms with van der Waals surface area (Å²) in [5.74, 6) is 0.713.